The number of nitrogens with one attached hydrogen (secondary N) is 1. The summed E-state index contributed by atoms with van der Waals surface area (Å²) in [6.07, 6.45) is 3.60. The van der Waals surface area contributed by atoms with Crippen molar-refractivity contribution in [3.8, 4) is 10.6 Å². The third kappa shape index (κ3) is 4.61. The Morgan fingerprint density at radius 3 is 2.92 bits per heavy atom. The molecule has 0 saturated carbocycles. The van der Waals surface area contributed by atoms with Crippen molar-refractivity contribution in [3.63, 3.8) is 0 Å². The molecule has 3 heterocycles. The third-order valence-electron chi connectivity index (χ3n) is 3.87. The molecule has 1 atom stereocenters. The van der Waals surface area contributed by atoms with Gasteiger partial charge in [-0.2, -0.15) is 0 Å². The molecule has 1 N–H and O–H groups in total. The van der Waals surface area contributed by atoms with Gasteiger partial charge in [-0.1, -0.05) is 0 Å². The van der Waals surface area contributed by atoms with Crippen LogP contribution in [0.1, 0.15) is 12.6 Å². The minimum atomic E-state index is -0.554. The maximum atomic E-state index is 12.3. The number of pyridine rings is 1. The van der Waals surface area contributed by atoms with Crippen LogP contribution in [0.4, 0.5) is 0 Å². The Bertz CT molecular complexity index is 729. The van der Waals surface area contributed by atoms with E-state index >= 15 is 0 Å². The molecule has 0 aliphatic carbocycles. The van der Waals surface area contributed by atoms with E-state index < -0.39 is 6.04 Å². The van der Waals surface area contributed by atoms with Crippen LogP contribution in [-0.2, 0) is 20.7 Å². The smallest absolute Gasteiger partial charge is 0.245 e. The number of carbonyl (C=O) groups excluding carboxylic acids is 2. The minimum Gasteiger partial charge on any atom is -0.378 e. The van der Waals surface area contributed by atoms with Crippen molar-refractivity contribution in [3.05, 3.63) is 35.6 Å². The van der Waals surface area contributed by atoms with Crippen molar-refractivity contribution < 1.29 is 14.3 Å². The van der Waals surface area contributed by atoms with Gasteiger partial charge in [-0.05, 0) is 19.1 Å². The van der Waals surface area contributed by atoms with E-state index in [0.29, 0.717) is 32.0 Å². The van der Waals surface area contributed by atoms with Crippen molar-refractivity contribution in [1.29, 1.82) is 0 Å². The summed E-state index contributed by atoms with van der Waals surface area (Å²) < 4.78 is 5.24. The Morgan fingerprint density at radius 2 is 2.20 bits per heavy atom. The molecule has 0 spiro atoms. The maximum Gasteiger partial charge on any atom is 0.245 e. The minimum absolute atomic E-state index is 0.0778. The molecule has 1 saturated heterocycles. The van der Waals surface area contributed by atoms with Crippen molar-refractivity contribution in [2.75, 3.05) is 26.3 Å². The molecular weight excluding hydrogens is 340 g/mol. The van der Waals surface area contributed by atoms with E-state index in [1.807, 2.05) is 17.5 Å². The molecule has 2 aromatic heterocycles. The lowest BCUT2D eigenvalue weighted by Gasteiger charge is -2.29. The monoisotopic (exact) mass is 360 g/mol. The zero-order chi connectivity index (χ0) is 17.6. The molecule has 1 aliphatic heterocycles. The molecule has 1 fully saturated rings. The number of rotatable bonds is 5. The lowest BCUT2D eigenvalue weighted by Crippen LogP contribution is -2.50. The Morgan fingerprint density at radius 1 is 1.40 bits per heavy atom. The average molecular weight is 360 g/mol. The largest absolute Gasteiger partial charge is 0.378 e. The molecule has 132 valence electrons. The van der Waals surface area contributed by atoms with Gasteiger partial charge in [0, 0.05) is 36.4 Å². The van der Waals surface area contributed by atoms with Gasteiger partial charge in [-0.25, -0.2) is 4.98 Å². The Hall–Kier alpha value is -2.32. The molecule has 3 rings (SSSR count). The predicted molar refractivity (Wildman–Crippen MR) is 94.1 cm³/mol. The van der Waals surface area contributed by atoms with Gasteiger partial charge >= 0.3 is 0 Å². The fraction of sp³-hybridized carbons (Fsp3) is 0.412. The summed E-state index contributed by atoms with van der Waals surface area (Å²) in [6, 6.07) is 3.22. The van der Waals surface area contributed by atoms with E-state index in [9.17, 15) is 9.59 Å². The van der Waals surface area contributed by atoms with E-state index in [1.165, 1.54) is 11.3 Å². The van der Waals surface area contributed by atoms with Crippen LogP contribution in [0.2, 0.25) is 0 Å². The van der Waals surface area contributed by atoms with Crippen molar-refractivity contribution in [2.45, 2.75) is 19.4 Å². The Labute approximate surface area is 150 Å². The quantitative estimate of drug-likeness (QED) is 0.863. The topological polar surface area (TPSA) is 84.4 Å². The summed E-state index contributed by atoms with van der Waals surface area (Å²) in [5.41, 5.74) is 1.61. The van der Waals surface area contributed by atoms with Crippen LogP contribution in [0, 0.1) is 0 Å². The summed E-state index contributed by atoms with van der Waals surface area (Å²) in [5, 5.41) is 5.44. The molecule has 2 amide bonds. The lowest BCUT2D eigenvalue weighted by atomic mass is 10.2. The van der Waals surface area contributed by atoms with E-state index in [1.54, 1.807) is 24.2 Å². The summed E-state index contributed by atoms with van der Waals surface area (Å²) >= 11 is 1.47. The van der Waals surface area contributed by atoms with Gasteiger partial charge in [0.15, 0.2) is 0 Å². The SMILES string of the molecule is CC(NC(=O)Cc1csc(-c2cccnc2)n1)C(=O)N1CCOCC1. The molecule has 8 heteroatoms. The molecule has 0 aromatic carbocycles. The fourth-order valence-corrected chi connectivity index (χ4v) is 3.40. The maximum absolute atomic E-state index is 12.3. The second-order valence-corrected chi connectivity index (χ2v) is 6.65. The van der Waals surface area contributed by atoms with Gasteiger partial charge in [-0.15, -0.1) is 11.3 Å². The molecule has 0 radical (unpaired) electrons. The molecule has 7 nitrogen and oxygen atoms in total. The van der Waals surface area contributed by atoms with Crippen LogP contribution in [0.15, 0.2) is 29.9 Å². The number of ether oxygens (including phenoxy) is 1. The van der Waals surface area contributed by atoms with Crippen LogP contribution in [0.25, 0.3) is 10.6 Å². The average Bonchev–Trinajstić information content (AvgIpc) is 3.10. The standard InChI is InChI=1S/C17H20N4O3S/c1-12(17(23)21-5-7-24-8-6-21)19-15(22)9-14-11-25-16(20-14)13-3-2-4-18-10-13/h2-4,10-12H,5-9H2,1H3,(H,19,22). The predicted octanol–water partition coefficient (Wildman–Crippen LogP) is 1.11. The van der Waals surface area contributed by atoms with Gasteiger partial charge in [0.05, 0.1) is 25.3 Å². The highest BCUT2D eigenvalue weighted by Crippen LogP contribution is 2.22. The van der Waals surface area contributed by atoms with Crippen LogP contribution in [-0.4, -0.2) is 59.0 Å². The number of hydrogen-bond acceptors (Lipinski definition) is 6. The second kappa shape index (κ2) is 8.17. The van der Waals surface area contributed by atoms with Gasteiger partial charge in [-0.3, -0.25) is 14.6 Å². The molecule has 0 bridgehead atoms. The van der Waals surface area contributed by atoms with E-state index in [2.05, 4.69) is 15.3 Å². The first-order valence-corrected chi connectivity index (χ1v) is 9.02. The molecule has 1 unspecified atom stereocenters. The first kappa shape index (κ1) is 17.5. The van der Waals surface area contributed by atoms with E-state index in [-0.39, 0.29) is 18.2 Å². The highest BCUT2D eigenvalue weighted by molar-refractivity contribution is 7.13. The third-order valence-corrected chi connectivity index (χ3v) is 4.81. The number of nitrogens with zero attached hydrogens (tertiary/aromatic N) is 3. The first-order chi connectivity index (χ1) is 12.1. The first-order valence-electron chi connectivity index (χ1n) is 8.14. The highest BCUT2D eigenvalue weighted by atomic mass is 32.1. The summed E-state index contributed by atoms with van der Waals surface area (Å²) in [6.45, 7) is 3.93. The lowest BCUT2D eigenvalue weighted by molar-refractivity contribution is -0.139. The van der Waals surface area contributed by atoms with Crippen LogP contribution in [0.3, 0.4) is 0 Å². The zero-order valence-corrected chi connectivity index (χ0v) is 14.8. The number of aromatic nitrogens is 2. The number of carbonyl (C=O) groups is 2. The van der Waals surface area contributed by atoms with Crippen molar-refractivity contribution in [1.82, 2.24) is 20.2 Å². The number of thiazole rings is 1. The van der Waals surface area contributed by atoms with Gasteiger partial charge < -0.3 is 15.0 Å². The molecule has 25 heavy (non-hydrogen) atoms. The zero-order valence-electron chi connectivity index (χ0n) is 14.0. The van der Waals surface area contributed by atoms with Crippen molar-refractivity contribution in [2.24, 2.45) is 0 Å². The van der Waals surface area contributed by atoms with E-state index in [4.69, 9.17) is 4.74 Å². The number of morpholine rings is 1. The van der Waals surface area contributed by atoms with Crippen LogP contribution >= 0.6 is 11.3 Å². The van der Waals surface area contributed by atoms with E-state index in [0.717, 1.165) is 10.6 Å². The summed E-state index contributed by atoms with van der Waals surface area (Å²) in [5.74, 6) is -0.289. The van der Waals surface area contributed by atoms with Gasteiger partial charge in [0.25, 0.3) is 0 Å². The Kier molecular flexibility index (Phi) is 5.72. The summed E-state index contributed by atoms with van der Waals surface area (Å²) in [4.78, 5) is 34.8. The van der Waals surface area contributed by atoms with Crippen molar-refractivity contribution >= 4 is 23.2 Å². The fourth-order valence-electron chi connectivity index (χ4n) is 2.59. The normalized spacial score (nSPS) is 15.6. The van der Waals surface area contributed by atoms with Gasteiger partial charge in [0.1, 0.15) is 11.0 Å². The summed E-state index contributed by atoms with van der Waals surface area (Å²) in [7, 11) is 0. The van der Waals surface area contributed by atoms with Crippen LogP contribution in [0.5, 0.6) is 0 Å². The highest BCUT2D eigenvalue weighted by Gasteiger charge is 2.23. The Balaban J connectivity index is 1.54. The second-order valence-electron chi connectivity index (χ2n) is 5.79. The number of hydrogen-bond donors (Lipinski definition) is 1. The number of amides is 2. The van der Waals surface area contributed by atoms with Gasteiger partial charge in [0.2, 0.25) is 11.8 Å². The van der Waals surface area contributed by atoms with Crippen LogP contribution < -0.4 is 5.32 Å². The molecule has 2 aromatic rings. The molecular formula is C17H20N4O3S. The molecule has 1 aliphatic rings.